The zero-order chi connectivity index (χ0) is 14.7. The van der Waals surface area contributed by atoms with Gasteiger partial charge in [0.05, 0.1) is 17.5 Å². The van der Waals surface area contributed by atoms with Crippen molar-refractivity contribution in [3.05, 3.63) is 29.3 Å². The number of carbonyl (C=O) groups excluding carboxylic acids is 1. The van der Waals surface area contributed by atoms with Gasteiger partial charge in [-0.3, -0.25) is 0 Å². The minimum Gasteiger partial charge on any atom is -0.480 e. The van der Waals surface area contributed by atoms with Gasteiger partial charge in [0.25, 0.3) is 0 Å². The van der Waals surface area contributed by atoms with Crippen molar-refractivity contribution >= 4 is 29.4 Å². The number of hydrogen-bond acceptors (Lipinski definition) is 4. The molecule has 1 saturated heterocycles. The van der Waals surface area contributed by atoms with Crippen molar-refractivity contribution in [2.45, 2.75) is 13.0 Å². The number of nitrogens with one attached hydrogen (secondary N) is 1. The van der Waals surface area contributed by atoms with Gasteiger partial charge in [0.1, 0.15) is 6.04 Å². The molecular weight excluding hydrogens is 278 g/mol. The number of carboxylic acids is 1. The minimum absolute atomic E-state index is 0.347. The quantitative estimate of drug-likeness (QED) is 0.867. The molecule has 1 fully saturated rings. The summed E-state index contributed by atoms with van der Waals surface area (Å²) in [7, 11) is 0. The van der Waals surface area contributed by atoms with Crippen LogP contribution in [0.25, 0.3) is 0 Å². The molecule has 0 saturated carbocycles. The molecule has 6 nitrogen and oxygen atoms in total. The molecule has 1 aromatic carbocycles. The lowest BCUT2D eigenvalue weighted by atomic mass is 10.1. The Morgan fingerprint density at radius 1 is 1.55 bits per heavy atom. The molecule has 0 radical (unpaired) electrons. The first-order chi connectivity index (χ1) is 9.52. The third-order valence-electron chi connectivity index (χ3n) is 3.04. The van der Waals surface area contributed by atoms with E-state index in [1.54, 1.807) is 18.2 Å². The van der Waals surface area contributed by atoms with Gasteiger partial charge >= 0.3 is 12.0 Å². The van der Waals surface area contributed by atoms with Gasteiger partial charge in [-0.25, -0.2) is 9.59 Å². The molecule has 2 rings (SSSR count). The van der Waals surface area contributed by atoms with E-state index in [1.807, 2.05) is 13.0 Å². The molecule has 20 heavy (non-hydrogen) atoms. The van der Waals surface area contributed by atoms with Crippen LogP contribution in [0.4, 0.5) is 10.5 Å². The van der Waals surface area contributed by atoms with Crippen molar-refractivity contribution in [3.8, 4) is 6.07 Å². The molecule has 1 heterocycles. The first-order valence-corrected chi connectivity index (χ1v) is 7.07. The number of aryl methyl sites for hydroxylation is 1. The molecule has 1 aliphatic heterocycles. The number of carbonyl (C=O) groups is 2. The Bertz CT molecular complexity index is 597. The second-order valence-corrected chi connectivity index (χ2v) is 5.40. The number of carboxylic acid groups (broad SMARTS) is 1. The van der Waals surface area contributed by atoms with Gasteiger partial charge < -0.3 is 15.3 Å². The average Bonchev–Trinajstić information content (AvgIpc) is 2.90. The number of nitriles is 1. The number of nitrogens with zero attached hydrogens (tertiary/aromatic N) is 2. The fourth-order valence-corrected chi connectivity index (χ4v) is 3.01. The third kappa shape index (κ3) is 2.86. The normalized spacial score (nSPS) is 17.6. The lowest BCUT2D eigenvalue weighted by molar-refractivity contribution is -0.140. The Balaban J connectivity index is 2.16. The van der Waals surface area contributed by atoms with E-state index in [2.05, 4.69) is 5.32 Å². The second kappa shape index (κ2) is 5.84. The lowest BCUT2D eigenvalue weighted by Crippen LogP contribution is -2.44. The summed E-state index contributed by atoms with van der Waals surface area (Å²) in [6.45, 7) is 1.81. The Morgan fingerprint density at radius 3 is 2.95 bits per heavy atom. The highest BCUT2D eigenvalue weighted by atomic mass is 32.2. The van der Waals surface area contributed by atoms with Gasteiger partial charge in [-0.05, 0) is 24.6 Å². The topological polar surface area (TPSA) is 93.4 Å². The van der Waals surface area contributed by atoms with Crippen molar-refractivity contribution in [2.75, 3.05) is 16.9 Å². The maximum atomic E-state index is 12.1. The summed E-state index contributed by atoms with van der Waals surface area (Å²) in [5.74, 6) is -0.271. The monoisotopic (exact) mass is 291 g/mol. The molecule has 0 unspecified atom stereocenters. The SMILES string of the molecule is Cc1ccc(C#N)cc1NC(=O)N1CSC[C@H]1C(=O)O. The molecule has 0 aliphatic carbocycles. The second-order valence-electron chi connectivity index (χ2n) is 4.40. The number of thioether (sulfide) groups is 1. The number of amides is 2. The van der Waals surface area contributed by atoms with Crippen LogP contribution in [0, 0.1) is 18.3 Å². The molecule has 2 amide bonds. The minimum atomic E-state index is -1.01. The van der Waals surface area contributed by atoms with Gasteiger partial charge in [-0.1, -0.05) is 6.07 Å². The highest BCUT2D eigenvalue weighted by Gasteiger charge is 2.34. The van der Waals surface area contributed by atoms with Crippen LogP contribution in [0.2, 0.25) is 0 Å². The zero-order valence-electron chi connectivity index (χ0n) is 10.8. The lowest BCUT2D eigenvalue weighted by Gasteiger charge is -2.21. The molecular formula is C13H13N3O3S. The Hall–Kier alpha value is -2.20. The number of aliphatic carboxylic acids is 1. The van der Waals surface area contributed by atoms with Crippen molar-refractivity contribution in [2.24, 2.45) is 0 Å². The summed E-state index contributed by atoms with van der Waals surface area (Å²) in [5, 5.41) is 20.6. The van der Waals surface area contributed by atoms with Crippen LogP contribution in [-0.2, 0) is 4.79 Å². The van der Waals surface area contributed by atoms with Crippen LogP contribution in [0.5, 0.6) is 0 Å². The van der Waals surface area contributed by atoms with E-state index in [-0.39, 0.29) is 0 Å². The van der Waals surface area contributed by atoms with Crippen molar-refractivity contribution in [1.29, 1.82) is 5.26 Å². The average molecular weight is 291 g/mol. The van der Waals surface area contributed by atoms with Gasteiger partial charge in [0, 0.05) is 11.4 Å². The summed E-state index contributed by atoms with van der Waals surface area (Å²) in [6.07, 6.45) is 0. The van der Waals surface area contributed by atoms with Gasteiger partial charge in [-0.2, -0.15) is 5.26 Å². The molecule has 0 aromatic heterocycles. The Kier molecular flexibility index (Phi) is 4.15. The maximum absolute atomic E-state index is 12.1. The van der Waals surface area contributed by atoms with E-state index < -0.39 is 18.0 Å². The first-order valence-electron chi connectivity index (χ1n) is 5.92. The maximum Gasteiger partial charge on any atom is 0.327 e. The highest BCUT2D eigenvalue weighted by molar-refractivity contribution is 7.99. The summed E-state index contributed by atoms with van der Waals surface area (Å²) in [6, 6.07) is 5.71. The molecule has 1 atom stereocenters. The predicted octanol–water partition coefficient (Wildman–Crippen LogP) is 1.86. The summed E-state index contributed by atoms with van der Waals surface area (Å²) < 4.78 is 0. The standard InChI is InChI=1S/C13H13N3O3S/c1-8-2-3-9(5-14)4-10(8)15-13(19)16-7-20-6-11(16)12(17)18/h2-4,11H,6-7H2,1H3,(H,15,19)(H,17,18)/t11-/m0/s1. The molecule has 1 aliphatic rings. The zero-order valence-corrected chi connectivity index (χ0v) is 11.6. The number of benzene rings is 1. The van der Waals surface area contributed by atoms with Crippen molar-refractivity contribution < 1.29 is 14.7 Å². The Labute approximate surface area is 120 Å². The fraction of sp³-hybridized carbons (Fsp3) is 0.308. The van der Waals surface area contributed by atoms with Crippen LogP contribution in [0.1, 0.15) is 11.1 Å². The van der Waals surface area contributed by atoms with Gasteiger partial charge in [0.2, 0.25) is 0 Å². The van der Waals surface area contributed by atoms with E-state index in [4.69, 9.17) is 10.4 Å². The number of anilines is 1. The smallest absolute Gasteiger partial charge is 0.327 e. The molecule has 1 aromatic rings. The predicted molar refractivity (Wildman–Crippen MR) is 75.5 cm³/mol. The van der Waals surface area contributed by atoms with Crippen LogP contribution >= 0.6 is 11.8 Å². The highest BCUT2D eigenvalue weighted by Crippen LogP contribution is 2.23. The molecule has 2 N–H and O–H groups in total. The van der Waals surface area contributed by atoms with E-state index in [1.165, 1.54) is 16.7 Å². The van der Waals surface area contributed by atoms with E-state index in [0.29, 0.717) is 22.9 Å². The number of rotatable bonds is 2. The largest absolute Gasteiger partial charge is 0.480 e. The summed E-state index contributed by atoms with van der Waals surface area (Å²) >= 11 is 1.40. The van der Waals surface area contributed by atoms with Gasteiger partial charge in [0.15, 0.2) is 0 Å². The van der Waals surface area contributed by atoms with Crippen LogP contribution in [0.15, 0.2) is 18.2 Å². The van der Waals surface area contributed by atoms with Crippen LogP contribution in [-0.4, -0.2) is 39.7 Å². The van der Waals surface area contributed by atoms with E-state index >= 15 is 0 Å². The third-order valence-corrected chi connectivity index (χ3v) is 4.05. The summed E-state index contributed by atoms with van der Waals surface area (Å²) in [5.41, 5.74) is 1.78. The van der Waals surface area contributed by atoms with Crippen molar-refractivity contribution in [3.63, 3.8) is 0 Å². The molecule has 0 spiro atoms. The number of hydrogen-bond donors (Lipinski definition) is 2. The first kappa shape index (κ1) is 14.2. The number of urea groups is 1. The van der Waals surface area contributed by atoms with Crippen LogP contribution in [0.3, 0.4) is 0 Å². The fourth-order valence-electron chi connectivity index (χ4n) is 1.86. The Morgan fingerprint density at radius 2 is 2.30 bits per heavy atom. The van der Waals surface area contributed by atoms with Crippen LogP contribution < -0.4 is 5.32 Å². The summed E-state index contributed by atoms with van der Waals surface area (Å²) in [4.78, 5) is 24.5. The van der Waals surface area contributed by atoms with E-state index in [0.717, 1.165) is 5.56 Å². The molecule has 7 heteroatoms. The van der Waals surface area contributed by atoms with Gasteiger partial charge in [-0.15, -0.1) is 11.8 Å². The molecule has 0 bridgehead atoms. The van der Waals surface area contributed by atoms with Crippen molar-refractivity contribution in [1.82, 2.24) is 4.90 Å². The molecule has 104 valence electrons. The van der Waals surface area contributed by atoms with E-state index in [9.17, 15) is 9.59 Å².